The minimum absolute atomic E-state index is 0.111. The van der Waals surface area contributed by atoms with Crippen LogP contribution in [0.3, 0.4) is 0 Å². The van der Waals surface area contributed by atoms with E-state index in [-0.39, 0.29) is 5.56 Å². The second-order valence-corrected chi connectivity index (χ2v) is 6.27. The SMILES string of the molecule is CC(C)Cn1ccnc(NCC2(O)CCCCC2)c1=O. The van der Waals surface area contributed by atoms with E-state index in [1.165, 1.54) is 6.42 Å². The number of nitrogens with one attached hydrogen (secondary N) is 1. The highest BCUT2D eigenvalue weighted by Gasteiger charge is 2.29. The van der Waals surface area contributed by atoms with Crippen molar-refractivity contribution in [2.75, 3.05) is 11.9 Å². The first-order chi connectivity index (χ1) is 9.50. The Morgan fingerprint density at radius 2 is 2.10 bits per heavy atom. The normalized spacial score (nSPS) is 18.2. The lowest BCUT2D eigenvalue weighted by Gasteiger charge is -2.32. The van der Waals surface area contributed by atoms with E-state index < -0.39 is 5.60 Å². The summed E-state index contributed by atoms with van der Waals surface area (Å²) in [6.07, 6.45) is 8.24. The van der Waals surface area contributed by atoms with Gasteiger partial charge in [-0.2, -0.15) is 0 Å². The van der Waals surface area contributed by atoms with Crippen molar-refractivity contribution in [2.45, 2.75) is 58.1 Å². The number of rotatable bonds is 5. The van der Waals surface area contributed by atoms with Gasteiger partial charge in [0.05, 0.1) is 5.60 Å². The van der Waals surface area contributed by atoms with Gasteiger partial charge in [0.15, 0.2) is 5.82 Å². The minimum atomic E-state index is -0.689. The molecule has 1 aromatic heterocycles. The van der Waals surface area contributed by atoms with Crippen LogP contribution in [0.2, 0.25) is 0 Å². The minimum Gasteiger partial charge on any atom is -0.388 e. The molecule has 2 N–H and O–H groups in total. The summed E-state index contributed by atoms with van der Waals surface area (Å²) in [5.74, 6) is 0.748. The molecule has 1 heterocycles. The Hall–Kier alpha value is -1.36. The molecule has 1 fully saturated rings. The standard InChI is InChI=1S/C15H25N3O2/c1-12(2)10-18-9-8-16-13(14(18)19)17-11-15(20)6-4-3-5-7-15/h8-9,12,20H,3-7,10-11H2,1-2H3,(H,16,17). The van der Waals surface area contributed by atoms with E-state index >= 15 is 0 Å². The lowest BCUT2D eigenvalue weighted by Crippen LogP contribution is -2.40. The van der Waals surface area contributed by atoms with Crippen LogP contribution in [0.1, 0.15) is 46.0 Å². The Labute approximate surface area is 120 Å². The Balaban J connectivity index is 2.04. The van der Waals surface area contributed by atoms with Crippen molar-refractivity contribution in [3.8, 4) is 0 Å². The molecule has 20 heavy (non-hydrogen) atoms. The van der Waals surface area contributed by atoms with Crippen molar-refractivity contribution in [3.05, 3.63) is 22.7 Å². The summed E-state index contributed by atoms with van der Waals surface area (Å²) in [6, 6.07) is 0. The highest BCUT2D eigenvalue weighted by Crippen LogP contribution is 2.27. The number of hydrogen-bond donors (Lipinski definition) is 2. The molecular formula is C15H25N3O2. The third-order valence-corrected chi connectivity index (χ3v) is 3.84. The zero-order valence-electron chi connectivity index (χ0n) is 12.4. The molecule has 112 valence electrons. The average molecular weight is 279 g/mol. The van der Waals surface area contributed by atoms with Gasteiger partial charge < -0.3 is 15.0 Å². The Morgan fingerprint density at radius 1 is 1.40 bits per heavy atom. The van der Waals surface area contributed by atoms with Crippen LogP contribution >= 0.6 is 0 Å². The first-order valence-electron chi connectivity index (χ1n) is 7.52. The molecule has 2 rings (SSSR count). The Kier molecular flexibility index (Phi) is 4.81. The van der Waals surface area contributed by atoms with Gasteiger partial charge in [0.2, 0.25) is 0 Å². The lowest BCUT2D eigenvalue weighted by molar-refractivity contribution is 0.0166. The van der Waals surface area contributed by atoms with Gasteiger partial charge in [0, 0.05) is 25.5 Å². The highest BCUT2D eigenvalue weighted by molar-refractivity contribution is 5.31. The molecule has 0 saturated heterocycles. The third kappa shape index (κ3) is 3.82. The number of nitrogens with zero attached hydrogens (tertiary/aromatic N) is 2. The maximum absolute atomic E-state index is 12.2. The van der Waals surface area contributed by atoms with Crippen molar-refractivity contribution in [2.24, 2.45) is 5.92 Å². The molecule has 0 amide bonds. The molecular weight excluding hydrogens is 254 g/mol. The van der Waals surface area contributed by atoms with Crippen molar-refractivity contribution < 1.29 is 5.11 Å². The Bertz CT molecular complexity index is 490. The maximum atomic E-state index is 12.2. The fourth-order valence-electron chi connectivity index (χ4n) is 2.74. The predicted octanol–water partition coefficient (Wildman–Crippen LogP) is 2.01. The van der Waals surface area contributed by atoms with Gasteiger partial charge in [-0.25, -0.2) is 4.98 Å². The number of aliphatic hydroxyl groups is 1. The predicted molar refractivity (Wildman–Crippen MR) is 79.9 cm³/mol. The average Bonchev–Trinajstić information content (AvgIpc) is 2.40. The van der Waals surface area contributed by atoms with E-state index in [0.29, 0.717) is 24.8 Å². The number of aromatic nitrogens is 2. The summed E-state index contributed by atoms with van der Waals surface area (Å²) < 4.78 is 1.67. The maximum Gasteiger partial charge on any atom is 0.293 e. The molecule has 0 spiro atoms. The molecule has 0 aliphatic heterocycles. The van der Waals surface area contributed by atoms with E-state index in [0.717, 1.165) is 25.7 Å². The van der Waals surface area contributed by atoms with Crippen LogP contribution in [0.4, 0.5) is 5.82 Å². The van der Waals surface area contributed by atoms with Crippen molar-refractivity contribution in [3.63, 3.8) is 0 Å². The molecule has 1 aromatic rings. The van der Waals surface area contributed by atoms with Crippen LogP contribution in [-0.2, 0) is 6.54 Å². The van der Waals surface area contributed by atoms with Crippen LogP contribution < -0.4 is 10.9 Å². The monoisotopic (exact) mass is 279 g/mol. The topological polar surface area (TPSA) is 67.2 Å². The first-order valence-corrected chi connectivity index (χ1v) is 7.52. The smallest absolute Gasteiger partial charge is 0.293 e. The van der Waals surface area contributed by atoms with Gasteiger partial charge >= 0.3 is 0 Å². The zero-order valence-corrected chi connectivity index (χ0v) is 12.4. The van der Waals surface area contributed by atoms with Crippen molar-refractivity contribution >= 4 is 5.82 Å². The largest absolute Gasteiger partial charge is 0.388 e. The Morgan fingerprint density at radius 3 is 2.75 bits per heavy atom. The quantitative estimate of drug-likeness (QED) is 0.865. The fraction of sp³-hybridized carbons (Fsp3) is 0.733. The second kappa shape index (κ2) is 6.39. The van der Waals surface area contributed by atoms with Gasteiger partial charge in [0.25, 0.3) is 5.56 Å². The summed E-state index contributed by atoms with van der Waals surface area (Å²) in [6.45, 7) is 5.23. The van der Waals surface area contributed by atoms with Crippen LogP contribution in [-0.4, -0.2) is 26.8 Å². The van der Waals surface area contributed by atoms with E-state index in [2.05, 4.69) is 24.1 Å². The van der Waals surface area contributed by atoms with Crippen LogP contribution in [0.5, 0.6) is 0 Å². The van der Waals surface area contributed by atoms with Gasteiger partial charge in [-0.3, -0.25) is 4.79 Å². The van der Waals surface area contributed by atoms with Crippen molar-refractivity contribution in [1.82, 2.24) is 9.55 Å². The molecule has 1 aliphatic carbocycles. The van der Waals surface area contributed by atoms with E-state index in [1.807, 2.05) is 0 Å². The molecule has 5 heteroatoms. The van der Waals surface area contributed by atoms with Gasteiger partial charge in [-0.1, -0.05) is 33.1 Å². The third-order valence-electron chi connectivity index (χ3n) is 3.84. The number of hydrogen-bond acceptors (Lipinski definition) is 4. The zero-order chi connectivity index (χ0) is 14.6. The van der Waals surface area contributed by atoms with Gasteiger partial charge in [0.1, 0.15) is 0 Å². The van der Waals surface area contributed by atoms with Gasteiger partial charge in [-0.05, 0) is 18.8 Å². The van der Waals surface area contributed by atoms with Crippen LogP contribution in [0.15, 0.2) is 17.2 Å². The molecule has 0 atom stereocenters. The van der Waals surface area contributed by atoms with E-state index in [1.54, 1.807) is 17.0 Å². The van der Waals surface area contributed by atoms with E-state index in [4.69, 9.17) is 0 Å². The fourth-order valence-corrected chi connectivity index (χ4v) is 2.74. The summed E-state index contributed by atoms with van der Waals surface area (Å²) >= 11 is 0. The number of anilines is 1. The first kappa shape index (κ1) is 15.0. The summed E-state index contributed by atoms with van der Waals surface area (Å²) in [4.78, 5) is 16.3. The van der Waals surface area contributed by atoms with Crippen LogP contribution in [0, 0.1) is 5.92 Å². The molecule has 1 saturated carbocycles. The van der Waals surface area contributed by atoms with Gasteiger partial charge in [-0.15, -0.1) is 0 Å². The highest BCUT2D eigenvalue weighted by atomic mass is 16.3. The molecule has 1 aliphatic rings. The molecule has 0 unspecified atom stereocenters. The van der Waals surface area contributed by atoms with Crippen LogP contribution in [0.25, 0.3) is 0 Å². The second-order valence-electron chi connectivity index (χ2n) is 6.27. The van der Waals surface area contributed by atoms with E-state index in [9.17, 15) is 9.90 Å². The summed E-state index contributed by atoms with van der Waals surface area (Å²) in [7, 11) is 0. The van der Waals surface area contributed by atoms with Crippen molar-refractivity contribution in [1.29, 1.82) is 0 Å². The molecule has 0 radical (unpaired) electrons. The summed E-state index contributed by atoms with van der Waals surface area (Å²) in [5.41, 5.74) is -0.800. The molecule has 0 bridgehead atoms. The molecule has 0 aromatic carbocycles. The lowest BCUT2D eigenvalue weighted by atomic mass is 9.85. The molecule has 5 nitrogen and oxygen atoms in total. The summed E-state index contributed by atoms with van der Waals surface area (Å²) in [5, 5.41) is 13.5.